The summed E-state index contributed by atoms with van der Waals surface area (Å²) in [4.78, 5) is 39.8. The number of aryl methyl sites for hydroxylation is 1. The number of H-pyrrole nitrogens is 1. The molecule has 3 amide bonds. The van der Waals surface area contributed by atoms with E-state index in [0.29, 0.717) is 18.7 Å². The fourth-order valence-corrected chi connectivity index (χ4v) is 2.96. The highest BCUT2D eigenvalue weighted by Gasteiger charge is 2.28. The van der Waals surface area contributed by atoms with Crippen LogP contribution in [0.3, 0.4) is 0 Å². The monoisotopic (exact) mass is 387 g/mol. The van der Waals surface area contributed by atoms with Crippen molar-refractivity contribution in [3.05, 3.63) is 53.1 Å². The van der Waals surface area contributed by atoms with Crippen LogP contribution >= 0.6 is 0 Å². The zero-order valence-electron chi connectivity index (χ0n) is 15.6. The second-order valence-corrected chi connectivity index (χ2v) is 6.51. The number of carbonyl (C=O) groups is 3. The van der Waals surface area contributed by atoms with Crippen molar-refractivity contribution in [2.75, 3.05) is 26.2 Å². The third-order valence-electron chi connectivity index (χ3n) is 4.63. The minimum atomic E-state index is -0.689. The fourth-order valence-electron chi connectivity index (χ4n) is 2.96. The van der Waals surface area contributed by atoms with E-state index in [1.54, 1.807) is 4.90 Å². The summed E-state index contributed by atoms with van der Waals surface area (Å²) < 4.78 is 13.0. The maximum atomic E-state index is 13.0. The van der Waals surface area contributed by atoms with E-state index in [0.717, 1.165) is 17.8 Å². The largest absolute Gasteiger partial charge is 0.342 e. The molecule has 2 heterocycles. The van der Waals surface area contributed by atoms with Crippen molar-refractivity contribution in [3.63, 3.8) is 0 Å². The molecule has 28 heavy (non-hydrogen) atoms. The van der Waals surface area contributed by atoms with Gasteiger partial charge in [0.15, 0.2) is 0 Å². The molecular formula is C19H22FN5O3. The quantitative estimate of drug-likeness (QED) is 0.755. The minimum Gasteiger partial charge on any atom is -0.342 e. The van der Waals surface area contributed by atoms with Crippen LogP contribution in [-0.2, 0) is 22.6 Å². The van der Waals surface area contributed by atoms with Crippen molar-refractivity contribution in [2.24, 2.45) is 0 Å². The zero-order valence-corrected chi connectivity index (χ0v) is 15.6. The third-order valence-corrected chi connectivity index (χ3v) is 4.63. The summed E-state index contributed by atoms with van der Waals surface area (Å²) in [5, 5.41) is 9.46. The Kier molecular flexibility index (Phi) is 6.03. The lowest BCUT2D eigenvalue weighted by molar-refractivity contribution is -0.146. The number of aromatic amines is 1. The van der Waals surface area contributed by atoms with Gasteiger partial charge in [-0.25, -0.2) is 4.39 Å². The Bertz CT molecular complexity index is 857. The van der Waals surface area contributed by atoms with Crippen molar-refractivity contribution in [1.29, 1.82) is 0 Å². The number of halogens is 1. The van der Waals surface area contributed by atoms with Gasteiger partial charge in [0.25, 0.3) is 5.91 Å². The molecule has 0 atom stereocenters. The Balaban J connectivity index is 1.48. The Hall–Kier alpha value is -3.23. The standard InChI is InChI=1S/C19H22FN5O3/c1-2-15-11-16(23-22-15)12-21-17(26)19(28)25-9-7-24(8-10-25)18(27)13-3-5-14(20)6-4-13/h3-6,11H,2,7-10,12H2,1H3,(H,21,26)(H,22,23). The predicted molar refractivity (Wildman–Crippen MR) is 98.7 cm³/mol. The SMILES string of the molecule is CCc1cc(CNC(=O)C(=O)N2CCN(C(=O)c3ccc(F)cc3)CC2)[nH]n1. The summed E-state index contributed by atoms with van der Waals surface area (Å²) in [6, 6.07) is 7.18. The first-order valence-electron chi connectivity index (χ1n) is 9.13. The molecule has 3 rings (SSSR count). The number of rotatable bonds is 4. The molecule has 8 nitrogen and oxygen atoms in total. The van der Waals surface area contributed by atoms with Gasteiger partial charge in [0.1, 0.15) is 5.82 Å². The molecule has 0 bridgehead atoms. The second kappa shape index (κ2) is 8.64. The lowest BCUT2D eigenvalue weighted by Gasteiger charge is -2.34. The second-order valence-electron chi connectivity index (χ2n) is 6.51. The number of benzene rings is 1. The molecule has 2 aromatic rings. The van der Waals surface area contributed by atoms with E-state index < -0.39 is 17.6 Å². The van der Waals surface area contributed by atoms with Gasteiger partial charge >= 0.3 is 11.8 Å². The molecule has 1 aromatic heterocycles. The molecule has 1 aromatic carbocycles. The number of carbonyl (C=O) groups excluding carboxylic acids is 3. The van der Waals surface area contributed by atoms with Crippen molar-refractivity contribution in [1.82, 2.24) is 25.3 Å². The molecule has 2 N–H and O–H groups in total. The van der Waals surface area contributed by atoms with E-state index in [1.807, 2.05) is 13.0 Å². The summed E-state index contributed by atoms with van der Waals surface area (Å²) in [5.74, 6) is -1.93. The van der Waals surface area contributed by atoms with Gasteiger partial charge in [0.2, 0.25) is 0 Å². The number of nitrogens with zero attached hydrogens (tertiary/aromatic N) is 3. The van der Waals surface area contributed by atoms with Crippen molar-refractivity contribution < 1.29 is 18.8 Å². The Morgan fingerprint density at radius 1 is 1.11 bits per heavy atom. The van der Waals surface area contributed by atoms with Crippen LogP contribution in [-0.4, -0.2) is 63.9 Å². The number of hydrogen-bond donors (Lipinski definition) is 2. The van der Waals surface area contributed by atoms with Gasteiger partial charge in [0.05, 0.1) is 17.9 Å². The highest BCUT2D eigenvalue weighted by atomic mass is 19.1. The lowest BCUT2D eigenvalue weighted by atomic mass is 10.1. The molecule has 1 saturated heterocycles. The molecule has 0 aliphatic carbocycles. The van der Waals surface area contributed by atoms with Gasteiger partial charge < -0.3 is 15.1 Å². The average Bonchev–Trinajstić information content (AvgIpc) is 3.20. The van der Waals surface area contributed by atoms with Crippen LogP contribution in [0.25, 0.3) is 0 Å². The van der Waals surface area contributed by atoms with Crippen molar-refractivity contribution in [3.8, 4) is 0 Å². The summed E-state index contributed by atoms with van der Waals surface area (Å²) in [6.07, 6.45) is 0.782. The molecule has 9 heteroatoms. The van der Waals surface area contributed by atoms with Crippen LogP contribution < -0.4 is 5.32 Å². The average molecular weight is 387 g/mol. The first-order chi connectivity index (χ1) is 13.5. The van der Waals surface area contributed by atoms with Gasteiger partial charge in [-0.15, -0.1) is 0 Å². The Labute approximate surface area is 161 Å². The highest BCUT2D eigenvalue weighted by Crippen LogP contribution is 2.10. The molecule has 0 spiro atoms. The summed E-state index contributed by atoms with van der Waals surface area (Å²) in [7, 11) is 0. The van der Waals surface area contributed by atoms with Gasteiger partial charge in [-0.1, -0.05) is 6.92 Å². The van der Waals surface area contributed by atoms with Crippen LogP contribution in [0.1, 0.15) is 28.7 Å². The molecular weight excluding hydrogens is 365 g/mol. The Morgan fingerprint density at radius 2 is 1.75 bits per heavy atom. The van der Waals surface area contributed by atoms with E-state index in [2.05, 4.69) is 15.5 Å². The molecule has 1 fully saturated rings. The van der Waals surface area contributed by atoms with E-state index in [-0.39, 0.29) is 25.5 Å². The lowest BCUT2D eigenvalue weighted by Crippen LogP contribution is -2.53. The molecule has 148 valence electrons. The maximum absolute atomic E-state index is 13.0. The number of aromatic nitrogens is 2. The molecule has 0 saturated carbocycles. The van der Waals surface area contributed by atoms with E-state index >= 15 is 0 Å². The smallest absolute Gasteiger partial charge is 0.312 e. The maximum Gasteiger partial charge on any atom is 0.312 e. The number of hydrogen-bond acceptors (Lipinski definition) is 4. The number of amides is 3. The third kappa shape index (κ3) is 4.54. The first-order valence-corrected chi connectivity index (χ1v) is 9.13. The van der Waals surface area contributed by atoms with Crippen LogP contribution in [0.4, 0.5) is 4.39 Å². The Morgan fingerprint density at radius 3 is 2.36 bits per heavy atom. The topological polar surface area (TPSA) is 98.4 Å². The van der Waals surface area contributed by atoms with Crippen LogP contribution in [0.5, 0.6) is 0 Å². The van der Waals surface area contributed by atoms with Gasteiger partial charge in [0, 0.05) is 31.7 Å². The first kappa shape index (κ1) is 19.5. The summed E-state index contributed by atoms with van der Waals surface area (Å²) in [6.45, 7) is 3.33. The van der Waals surface area contributed by atoms with Crippen LogP contribution in [0, 0.1) is 5.82 Å². The minimum absolute atomic E-state index is 0.195. The van der Waals surface area contributed by atoms with Gasteiger partial charge in [-0.2, -0.15) is 5.10 Å². The zero-order chi connectivity index (χ0) is 20.1. The van der Waals surface area contributed by atoms with Crippen LogP contribution in [0.15, 0.2) is 30.3 Å². The van der Waals surface area contributed by atoms with Crippen molar-refractivity contribution >= 4 is 17.7 Å². The molecule has 0 radical (unpaired) electrons. The normalized spacial score (nSPS) is 14.1. The number of piperazine rings is 1. The van der Waals surface area contributed by atoms with Gasteiger partial charge in [-0.3, -0.25) is 19.5 Å². The molecule has 1 aliphatic heterocycles. The highest BCUT2D eigenvalue weighted by molar-refractivity contribution is 6.35. The predicted octanol–water partition coefficient (Wildman–Crippen LogP) is 0.712. The summed E-state index contributed by atoms with van der Waals surface area (Å²) >= 11 is 0. The molecule has 1 aliphatic rings. The van der Waals surface area contributed by atoms with Gasteiger partial charge in [-0.05, 0) is 36.8 Å². The summed E-state index contributed by atoms with van der Waals surface area (Å²) in [5.41, 5.74) is 2.01. The number of nitrogens with one attached hydrogen (secondary N) is 2. The molecule has 0 unspecified atom stereocenters. The van der Waals surface area contributed by atoms with Crippen LogP contribution in [0.2, 0.25) is 0 Å². The van der Waals surface area contributed by atoms with Crippen molar-refractivity contribution in [2.45, 2.75) is 19.9 Å². The van der Waals surface area contributed by atoms with E-state index in [1.165, 1.54) is 29.2 Å². The fraction of sp³-hybridized carbons (Fsp3) is 0.368. The van der Waals surface area contributed by atoms with E-state index in [9.17, 15) is 18.8 Å². The van der Waals surface area contributed by atoms with E-state index in [4.69, 9.17) is 0 Å².